The molecule has 9 nitrogen and oxygen atoms in total. The number of carbonyl (C=O) groups is 2. The Balaban J connectivity index is 1.82. The Morgan fingerprint density at radius 3 is 2.68 bits per heavy atom. The molecule has 0 unspecified atom stereocenters. The lowest BCUT2D eigenvalue weighted by molar-refractivity contribution is -0.900. The lowest BCUT2D eigenvalue weighted by Crippen LogP contribution is -3.15. The van der Waals surface area contributed by atoms with Crippen LogP contribution in [0.4, 0.5) is 5.69 Å². The predicted molar refractivity (Wildman–Crippen MR) is 75.1 cm³/mol. The average molecular weight is 309 g/mol. The predicted octanol–water partition coefficient (Wildman–Crippen LogP) is -1.73. The highest BCUT2D eigenvalue weighted by Gasteiger charge is 2.18. The molecule has 0 radical (unpaired) electrons. The summed E-state index contributed by atoms with van der Waals surface area (Å²) in [6.45, 7) is 2.95. The summed E-state index contributed by atoms with van der Waals surface area (Å²) in [6.07, 6.45) is 0. The fourth-order valence-electron chi connectivity index (χ4n) is 2.07. The van der Waals surface area contributed by atoms with Crippen LogP contribution < -0.4 is 15.8 Å². The van der Waals surface area contributed by atoms with Crippen LogP contribution in [0.5, 0.6) is 0 Å². The Labute approximate surface area is 126 Å². The molecule has 0 aromatic heterocycles. The fourth-order valence-corrected chi connectivity index (χ4v) is 2.07. The van der Waals surface area contributed by atoms with E-state index in [1.54, 1.807) is 0 Å². The number of morpholine rings is 1. The molecule has 0 atom stereocenters. The number of amides is 2. The molecule has 22 heavy (non-hydrogen) atoms. The standard InChI is InChI=1S/C13H16N4O5/c18-12(9-16-4-6-22-7-5-16)14-15-13(19)10-2-1-3-11(8-10)17(20)21/h1-3,8H,4-7,9H2,(H,14,18)(H,15,19)/p+1. The molecular weight excluding hydrogens is 292 g/mol. The van der Waals surface area contributed by atoms with Crippen LogP contribution in [0.1, 0.15) is 10.4 Å². The van der Waals surface area contributed by atoms with E-state index in [2.05, 4.69) is 10.9 Å². The molecule has 0 saturated carbocycles. The Hall–Kier alpha value is -2.52. The van der Waals surface area contributed by atoms with Crippen molar-refractivity contribution >= 4 is 17.5 Å². The second kappa shape index (κ2) is 7.48. The second-order valence-electron chi connectivity index (χ2n) is 4.85. The zero-order valence-electron chi connectivity index (χ0n) is 11.8. The van der Waals surface area contributed by atoms with Gasteiger partial charge in [-0.05, 0) is 6.07 Å². The van der Waals surface area contributed by atoms with E-state index in [0.29, 0.717) is 13.2 Å². The Morgan fingerprint density at radius 2 is 2.00 bits per heavy atom. The van der Waals surface area contributed by atoms with Gasteiger partial charge in [-0.25, -0.2) is 0 Å². The molecule has 1 aliphatic heterocycles. The maximum Gasteiger partial charge on any atom is 0.293 e. The Bertz CT molecular complexity index is 571. The van der Waals surface area contributed by atoms with Gasteiger partial charge in [-0.2, -0.15) is 0 Å². The highest BCUT2D eigenvalue weighted by Crippen LogP contribution is 2.12. The van der Waals surface area contributed by atoms with Crippen molar-refractivity contribution in [2.75, 3.05) is 32.8 Å². The summed E-state index contributed by atoms with van der Waals surface area (Å²) in [5.74, 6) is -0.926. The normalized spacial score (nSPS) is 15.1. The highest BCUT2D eigenvalue weighted by atomic mass is 16.6. The minimum atomic E-state index is -0.603. The summed E-state index contributed by atoms with van der Waals surface area (Å²) < 4.78 is 5.19. The largest absolute Gasteiger partial charge is 0.370 e. The van der Waals surface area contributed by atoms with E-state index >= 15 is 0 Å². The summed E-state index contributed by atoms with van der Waals surface area (Å²) in [4.78, 5) is 34.7. The van der Waals surface area contributed by atoms with Gasteiger partial charge in [0.2, 0.25) is 0 Å². The number of nitro groups is 1. The van der Waals surface area contributed by atoms with Crippen molar-refractivity contribution < 1.29 is 24.1 Å². The van der Waals surface area contributed by atoms with Gasteiger partial charge in [-0.1, -0.05) is 6.07 Å². The molecule has 1 fully saturated rings. The monoisotopic (exact) mass is 309 g/mol. The number of ether oxygens (including phenoxy) is 1. The van der Waals surface area contributed by atoms with Crippen molar-refractivity contribution in [2.24, 2.45) is 0 Å². The molecule has 0 aliphatic carbocycles. The molecule has 0 spiro atoms. The van der Waals surface area contributed by atoms with Gasteiger partial charge in [0.1, 0.15) is 13.1 Å². The molecule has 1 aromatic carbocycles. The fraction of sp³-hybridized carbons (Fsp3) is 0.385. The van der Waals surface area contributed by atoms with Crippen LogP contribution in [0.2, 0.25) is 0 Å². The number of carbonyl (C=O) groups excluding carboxylic acids is 2. The molecule has 1 aromatic rings. The van der Waals surface area contributed by atoms with Gasteiger partial charge >= 0.3 is 0 Å². The van der Waals surface area contributed by atoms with Crippen LogP contribution in [0, 0.1) is 10.1 Å². The summed E-state index contributed by atoms with van der Waals surface area (Å²) in [5, 5.41) is 10.7. The van der Waals surface area contributed by atoms with Crippen LogP contribution in [0.3, 0.4) is 0 Å². The number of rotatable bonds is 4. The molecule has 1 saturated heterocycles. The van der Waals surface area contributed by atoms with E-state index in [4.69, 9.17) is 4.74 Å². The van der Waals surface area contributed by atoms with E-state index in [9.17, 15) is 19.7 Å². The molecule has 9 heteroatoms. The zero-order chi connectivity index (χ0) is 15.9. The number of quaternary nitrogens is 1. The maximum atomic E-state index is 11.8. The molecule has 118 valence electrons. The SMILES string of the molecule is O=C(C[NH+]1CCOCC1)NNC(=O)c1cccc([N+](=O)[O-])c1. The number of nitrogens with one attached hydrogen (secondary N) is 3. The highest BCUT2D eigenvalue weighted by molar-refractivity contribution is 5.95. The van der Waals surface area contributed by atoms with E-state index in [1.165, 1.54) is 18.2 Å². The first-order valence-corrected chi connectivity index (χ1v) is 6.81. The van der Waals surface area contributed by atoms with Gasteiger partial charge in [0, 0.05) is 17.7 Å². The molecule has 0 bridgehead atoms. The van der Waals surface area contributed by atoms with Crippen LogP contribution in [0.15, 0.2) is 24.3 Å². The lowest BCUT2D eigenvalue weighted by atomic mass is 10.2. The summed E-state index contributed by atoms with van der Waals surface area (Å²) in [7, 11) is 0. The lowest BCUT2D eigenvalue weighted by Gasteiger charge is -2.23. The number of hydrazine groups is 1. The second-order valence-corrected chi connectivity index (χ2v) is 4.85. The summed E-state index contributed by atoms with van der Waals surface area (Å²) in [6, 6.07) is 5.28. The van der Waals surface area contributed by atoms with Gasteiger partial charge in [0.05, 0.1) is 18.1 Å². The number of benzene rings is 1. The van der Waals surface area contributed by atoms with E-state index < -0.39 is 10.8 Å². The minimum absolute atomic E-state index is 0.105. The molecular formula is C13H17N4O5+. The number of nitro benzene ring substituents is 1. The van der Waals surface area contributed by atoms with E-state index in [0.717, 1.165) is 24.1 Å². The molecule has 3 N–H and O–H groups in total. The van der Waals surface area contributed by atoms with Gasteiger partial charge in [0.25, 0.3) is 17.5 Å². The molecule has 1 aliphatic rings. The van der Waals surface area contributed by atoms with Gasteiger partial charge in [0.15, 0.2) is 6.54 Å². The molecule has 2 amide bonds. The van der Waals surface area contributed by atoms with Crippen molar-refractivity contribution in [3.05, 3.63) is 39.9 Å². The topological polar surface area (TPSA) is 115 Å². The number of nitrogens with zero attached hydrogens (tertiary/aromatic N) is 1. The summed E-state index contributed by atoms with van der Waals surface area (Å²) >= 11 is 0. The van der Waals surface area contributed by atoms with Gasteiger partial charge in [-0.3, -0.25) is 30.6 Å². The molecule has 2 rings (SSSR count). The third-order valence-corrected chi connectivity index (χ3v) is 3.25. The molecule has 1 heterocycles. The van der Waals surface area contributed by atoms with E-state index in [1.807, 2.05) is 0 Å². The van der Waals surface area contributed by atoms with Crippen molar-refractivity contribution in [3.63, 3.8) is 0 Å². The van der Waals surface area contributed by atoms with Crippen molar-refractivity contribution in [1.82, 2.24) is 10.9 Å². The maximum absolute atomic E-state index is 11.8. The number of non-ortho nitro benzene ring substituents is 1. The average Bonchev–Trinajstić information content (AvgIpc) is 2.53. The third kappa shape index (κ3) is 4.50. The van der Waals surface area contributed by atoms with Crippen LogP contribution in [0.25, 0.3) is 0 Å². The van der Waals surface area contributed by atoms with Crippen LogP contribution >= 0.6 is 0 Å². The van der Waals surface area contributed by atoms with Crippen molar-refractivity contribution in [2.45, 2.75) is 0 Å². The first-order chi connectivity index (χ1) is 10.6. The van der Waals surface area contributed by atoms with Gasteiger partial charge in [-0.15, -0.1) is 0 Å². The van der Waals surface area contributed by atoms with Gasteiger partial charge < -0.3 is 9.64 Å². The zero-order valence-corrected chi connectivity index (χ0v) is 11.8. The third-order valence-electron chi connectivity index (χ3n) is 3.25. The first kappa shape index (κ1) is 15.9. The quantitative estimate of drug-likeness (QED) is 0.452. The smallest absolute Gasteiger partial charge is 0.293 e. The number of hydrogen-bond acceptors (Lipinski definition) is 5. The van der Waals surface area contributed by atoms with Crippen LogP contribution in [-0.4, -0.2) is 49.6 Å². The van der Waals surface area contributed by atoms with Crippen molar-refractivity contribution in [3.8, 4) is 0 Å². The van der Waals surface area contributed by atoms with Crippen LogP contribution in [-0.2, 0) is 9.53 Å². The minimum Gasteiger partial charge on any atom is -0.370 e. The number of hydrogen-bond donors (Lipinski definition) is 3. The first-order valence-electron chi connectivity index (χ1n) is 6.81. The summed E-state index contributed by atoms with van der Waals surface area (Å²) in [5.41, 5.74) is 4.48. The Kier molecular flexibility index (Phi) is 5.39. The van der Waals surface area contributed by atoms with Crippen molar-refractivity contribution in [1.29, 1.82) is 0 Å². The van der Waals surface area contributed by atoms with E-state index in [-0.39, 0.29) is 23.7 Å². The Morgan fingerprint density at radius 1 is 1.27 bits per heavy atom.